The summed E-state index contributed by atoms with van der Waals surface area (Å²) in [4.78, 5) is 30.2. The number of carbonyl (C=O) groups is 2. The molecule has 0 spiro atoms. The zero-order chi connectivity index (χ0) is 21.8. The van der Waals surface area contributed by atoms with Crippen LogP contribution in [0.1, 0.15) is 18.1 Å². The van der Waals surface area contributed by atoms with Crippen molar-refractivity contribution in [1.82, 2.24) is 4.90 Å². The van der Waals surface area contributed by atoms with E-state index in [1.807, 2.05) is 85.6 Å². The maximum atomic E-state index is 13.6. The van der Waals surface area contributed by atoms with Crippen molar-refractivity contribution in [2.75, 3.05) is 18.6 Å². The van der Waals surface area contributed by atoms with Crippen LogP contribution in [-0.4, -0.2) is 30.4 Å². The zero-order valence-electron chi connectivity index (χ0n) is 17.6. The molecule has 1 aliphatic heterocycles. The largest absolute Gasteiger partial charge is 0.494 e. The molecule has 156 valence electrons. The first-order valence-corrected chi connectivity index (χ1v) is 10.3. The number of benzene rings is 3. The molecule has 4 rings (SSSR count). The second kappa shape index (κ2) is 8.88. The maximum Gasteiger partial charge on any atom is 0.282 e. The Labute approximate surface area is 182 Å². The molecule has 31 heavy (non-hydrogen) atoms. The monoisotopic (exact) mass is 412 g/mol. The number of nitrogens with zero attached hydrogens (tertiary/aromatic N) is 2. The molecule has 0 saturated heterocycles. The Morgan fingerprint density at radius 2 is 1.52 bits per heavy atom. The molecule has 1 heterocycles. The first-order chi connectivity index (χ1) is 15.1. The van der Waals surface area contributed by atoms with Gasteiger partial charge in [-0.05, 0) is 30.2 Å². The lowest BCUT2D eigenvalue weighted by Crippen LogP contribution is -2.34. The van der Waals surface area contributed by atoms with Crippen LogP contribution in [0.4, 0.5) is 5.69 Å². The molecule has 5 nitrogen and oxygen atoms in total. The Bertz CT molecular complexity index is 1120. The van der Waals surface area contributed by atoms with Crippen molar-refractivity contribution in [2.24, 2.45) is 0 Å². The Kier molecular flexibility index (Phi) is 5.85. The first kappa shape index (κ1) is 20.4. The number of ether oxygens (including phenoxy) is 1. The Balaban J connectivity index is 1.76. The van der Waals surface area contributed by atoms with Crippen molar-refractivity contribution in [1.29, 1.82) is 0 Å². The number of hydrogen-bond acceptors (Lipinski definition) is 4. The maximum absolute atomic E-state index is 13.6. The Hall–Kier alpha value is -3.86. The number of rotatable bonds is 7. The lowest BCUT2D eigenvalue weighted by Gasteiger charge is -2.22. The minimum atomic E-state index is -0.337. The van der Waals surface area contributed by atoms with Gasteiger partial charge in [-0.25, -0.2) is 4.90 Å². The first-order valence-electron chi connectivity index (χ1n) is 10.3. The molecule has 5 heteroatoms. The van der Waals surface area contributed by atoms with Gasteiger partial charge in [-0.1, -0.05) is 66.7 Å². The number of amides is 2. The van der Waals surface area contributed by atoms with Crippen LogP contribution in [0.25, 0.3) is 5.57 Å². The van der Waals surface area contributed by atoms with E-state index in [-0.39, 0.29) is 11.8 Å². The SMILES string of the molecule is CCOc1cccc(N2C(=O)C(c3ccccc3)=C(N(C)Cc3ccccc3)C2=O)c1. The van der Waals surface area contributed by atoms with E-state index in [1.165, 1.54) is 4.90 Å². The van der Waals surface area contributed by atoms with Crippen LogP contribution in [0, 0.1) is 0 Å². The fraction of sp³-hybridized carbons (Fsp3) is 0.154. The van der Waals surface area contributed by atoms with Crippen LogP contribution in [0.5, 0.6) is 5.75 Å². The molecule has 0 radical (unpaired) electrons. The highest BCUT2D eigenvalue weighted by Gasteiger charge is 2.41. The lowest BCUT2D eigenvalue weighted by atomic mass is 10.0. The molecule has 1 aliphatic rings. The molecule has 0 N–H and O–H groups in total. The normalized spacial score (nSPS) is 13.7. The second-order valence-corrected chi connectivity index (χ2v) is 7.31. The average molecular weight is 412 g/mol. The van der Waals surface area contributed by atoms with Crippen molar-refractivity contribution in [3.63, 3.8) is 0 Å². The molecule has 3 aromatic carbocycles. The third kappa shape index (κ3) is 4.08. The minimum absolute atomic E-state index is 0.334. The summed E-state index contributed by atoms with van der Waals surface area (Å²) in [6.45, 7) is 2.91. The summed E-state index contributed by atoms with van der Waals surface area (Å²) < 4.78 is 5.57. The summed E-state index contributed by atoms with van der Waals surface area (Å²) in [5, 5.41) is 0. The number of carbonyl (C=O) groups excluding carboxylic acids is 2. The van der Waals surface area contributed by atoms with Crippen molar-refractivity contribution in [3.8, 4) is 5.75 Å². The molecule has 0 saturated carbocycles. The molecular formula is C26H24N2O3. The number of likely N-dealkylation sites (N-methyl/N-ethyl adjacent to an activating group) is 1. The van der Waals surface area contributed by atoms with Crippen LogP contribution in [-0.2, 0) is 16.1 Å². The Morgan fingerprint density at radius 3 is 2.19 bits per heavy atom. The molecule has 3 aromatic rings. The Morgan fingerprint density at radius 1 is 0.839 bits per heavy atom. The van der Waals surface area contributed by atoms with Crippen molar-refractivity contribution >= 4 is 23.1 Å². The smallest absolute Gasteiger partial charge is 0.282 e. The summed E-state index contributed by atoms with van der Waals surface area (Å²) in [6, 6.07) is 26.3. The lowest BCUT2D eigenvalue weighted by molar-refractivity contribution is -0.120. The highest BCUT2D eigenvalue weighted by Crippen LogP contribution is 2.35. The molecule has 0 unspecified atom stereocenters. The van der Waals surface area contributed by atoms with E-state index in [0.717, 1.165) is 11.1 Å². The second-order valence-electron chi connectivity index (χ2n) is 7.31. The molecule has 0 aliphatic carbocycles. The number of hydrogen-bond donors (Lipinski definition) is 0. The van der Waals surface area contributed by atoms with E-state index >= 15 is 0 Å². The van der Waals surface area contributed by atoms with Gasteiger partial charge in [0.1, 0.15) is 11.4 Å². The van der Waals surface area contributed by atoms with Gasteiger partial charge < -0.3 is 9.64 Å². The third-order valence-electron chi connectivity index (χ3n) is 5.15. The summed E-state index contributed by atoms with van der Waals surface area (Å²) in [5.41, 5.74) is 3.08. The summed E-state index contributed by atoms with van der Waals surface area (Å²) in [6.07, 6.45) is 0. The van der Waals surface area contributed by atoms with E-state index in [2.05, 4.69) is 0 Å². The van der Waals surface area contributed by atoms with Crippen LogP contribution < -0.4 is 9.64 Å². The van der Waals surface area contributed by atoms with Crippen molar-refractivity contribution < 1.29 is 14.3 Å². The van der Waals surface area contributed by atoms with Crippen molar-refractivity contribution in [3.05, 3.63) is 102 Å². The summed E-state index contributed by atoms with van der Waals surface area (Å²) >= 11 is 0. The highest BCUT2D eigenvalue weighted by molar-refractivity contribution is 6.45. The van der Waals surface area contributed by atoms with Crippen LogP contribution in [0.3, 0.4) is 0 Å². The number of anilines is 1. The molecule has 0 fully saturated rings. The van der Waals surface area contributed by atoms with Gasteiger partial charge in [-0.2, -0.15) is 0 Å². The van der Waals surface area contributed by atoms with E-state index in [0.29, 0.717) is 35.9 Å². The van der Waals surface area contributed by atoms with E-state index < -0.39 is 0 Å². The standard InChI is InChI=1S/C26H24N2O3/c1-3-31-22-16-10-15-21(17-22)28-25(29)23(20-13-8-5-9-14-20)24(26(28)30)27(2)18-19-11-6-4-7-12-19/h4-17H,3,18H2,1-2H3. The molecule has 2 amide bonds. The predicted octanol–water partition coefficient (Wildman–Crippen LogP) is 4.50. The van der Waals surface area contributed by atoms with Crippen molar-refractivity contribution in [2.45, 2.75) is 13.5 Å². The zero-order valence-corrected chi connectivity index (χ0v) is 17.6. The number of imide groups is 1. The van der Waals surface area contributed by atoms with Gasteiger partial charge in [0, 0.05) is 19.7 Å². The predicted molar refractivity (Wildman–Crippen MR) is 121 cm³/mol. The minimum Gasteiger partial charge on any atom is -0.494 e. The van der Waals surface area contributed by atoms with E-state index in [9.17, 15) is 9.59 Å². The fourth-order valence-corrected chi connectivity index (χ4v) is 3.79. The third-order valence-corrected chi connectivity index (χ3v) is 5.15. The summed E-state index contributed by atoms with van der Waals surface area (Å²) in [5.74, 6) is -0.0522. The van der Waals surface area contributed by atoms with Gasteiger partial charge in [0.15, 0.2) is 0 Å². The van der Waals surface area contributed by atoms with Gasteiger partial charge >= 0.3 is 0 Å². The highest BCUT2D eigenvalue weighted by atomic mass is 16.5. The molecule has 0 aromatic heterocycles. The molecule has 0 bridgehead atoms. The molecular weight excluding hydrogens is 388 g/mol. The van der Waals surface area contributed by atoms with Crippen LogP contribution in [0.2, 0.25) is 0 Å². The molecule has 0 atom stereocenters. The van der Waals surface area contributed by atoms with Gasteiger partial charge in [0.2, 0.25) is 0 Å². The quantitative estimate of drug-likeness (QED) is 0.536. The van der Waals surface area contributed by atoms with E-state index in [1.54, 1.807) is 18.2 Å². The fourth-order valence-electron chi connectivity index (χ4n) is 3.79. The van der Waals surface area contributed by atoms with E-state index in [4.69, 9.17) is 4.74 Å². The van der Waals surface area contributed by atoms with Gasteiger partial charge in [0.25, 0.3) is 11.8 Å². The van der Waals surface area contributed by atoms with Crippen LogP contribution in [0.15, 0.2) is 90.6 Å². The van der Waals surface area contributed by atoms with Gasteiger partial charge in [0.05, 0.1) is 17.9 Å². The average Bonchev–Trinajstić information content (AvgIpc) is 3.05. The summed E-state index contributed by atoms with van der Waals surface area (Å²) in [7, 11) is 1.84. The van der Waals surface area contributed by atoms with Gasteiger partial charge in [-0.3, -0.25) is 9.59 Å². The topological polar surface area (TPSA) is 49.9 Å². The van der Waals surface area contributed by atoms with Gasteiger partial charge in [-0.15, -0.1) is 0 Å². The van der Waals surface area contributed by atoms with Crippen LogP contribution >= 0.6 is 0 Å².